The fraction of sp³-hybridized carbons (Fsp3) is 0.579. The summed E-state index contributed by atoms with van der Waals surface area (Å²) in [6.45, 7) is 3.57. The summed E-state index contributed by atoms with van der Waals surface area (Å²) in [5.74, 6) is -0.206. The number of hydrogen-bond acceptors (Lipinski definition) is 5. The quantitative estimate of drug-likeness (QED) is 0.639. The molecule has 2 amide bonds. The van der Waals surface area contributed by atoms with Crippen LogP contribution in [0.1, 0.15) is 41.6 Å². The van der Waals surface area contributed by atoms with E-state index in [0.717, 1.165) is 19.3 Å². The Morgan fingerprint density at radius 3 is 2.48 bits per heavy atom. The average molecular weight is 374 g/mol. The summed E-state index contributed by atoms with van der Waals surface area (Å²) < 4.78 is 0. The topological polar surface area (TPSA) is 95.8 Å². The van der Waals surface area contributed by atoms with E-state index in [4.69, 9.17) is 0 Å². The lowest BCUT2D eigenvalue weighted by atomic mass is 10.0. The number of piperidine rings is 1. The minimum Gasteiger partial charge on any atom is -0.341 e. The lowest BCUT2D eigenvalue weighted by Gasteiger charge is -2.35. The van der Waals surface area contributed by atoms with Crippen molar-refractivity contribution in [1.29, 1.82) is 0 Å². The molecular formula is C19H26N4O4. The molecule has 3 rings (SSSR count). The summed E-state index contributed by atoms with van der Waals surface area (Å²) in [4.78, 5) is 39.9. The van der Waals surface area contributed by atoms with Crippen LogP contribution in [0.5, 0.6) is 0 Å². The normalized spacial score (nSPS) is 20.7. The van der Waals surface area contributed by atoms with Crippen molar-refractivity contribution in [3.05, 3.63) is 39.4 Å². The van der Waals surface area contributed by atoms with E-state index in [0.29, 0.717) is 43.2 Å². The van der Waals surface area contributed by atoms with Crippen LogP contribution >= 0.6 is 0 Å². The van der Waals surface area contributed by atoms with E-state index in [1.165, 1.54) is 12.1 Å². The number of nitro benzene ring substituents is 1. The number of nitro groups is 1. The standard InChI is InChI=1S/C19H26N4O4/c1-13-12-14(5-6-16(13)23(26)27)18(24)22-9-3-4-17(22)19(25)21-10-7-15(20-2)8-11-21/h5-6,12,15,17,20H,3-4,7-11H2,1-2H3. The van der Waals surface area contributed by atoms with Gasteiger partial charge in [-0.2, -0.15) is 0 Å². The molecule has 0 aliphatic carbocycles. The van der Waals surface area contributed by atoms with E-state index in [-0.39, 0.29) is 17.5 Å². The number of amides is 2. The van der Waals surface area contributed by atoms with Gasteiger partial charge in [0.15, 0.2) is 0 Å². The molecular weight excluding hydrogens is 348 g/mol. The van der Waals surface area contributed by atoms with Crippen molar-refractivity contribution in [3.8, 4) is 0 Å². The summed E-state index contributed by atoms with van der Waals surface area (Å²) in [5.41, 5.74) is 0.835. The average Bonchev–Trinajstić information content (AvgIpc) is 3.16. The molecule has 0 saturated carbocycles. The third kappa shape index (κ3) is 3.95. The van der Waals surface area contributed by atoms with Gasteiger partial charge in [0.1, 0.15) is 6.04 Å². The molecule has 1 atom stereocenters. The number of rotatable bonds is 4. The second kappa shape index (κ2) is 8.04. The number of carbonyl (C=O) groups excluding carboxylic acids is 2. The maximum Gasteiger partial charge on any atom is 0.272 e. The second-order valence-corrected chi connectivity index (χ2v) is 7.30. The zero-order valence-corrected chi connectivity index (χ0v) is 15.8. The minimum absolute atomic E-state index is 0.00648. The Labute approximate surface area is 158 Å². The number of likely N-dealkylation sites (tertiary alicyclic amines) is 2. The lowest BCUT2D eigenvalue weighted by molar-refractivity contribution is -0.385. The van der Waals surface area contributed by atoms with E-state index >= 15 is 0 Å². The van der Waals surface area contributed by atoms with Crippen molar-refractivity contribution >= 4 is 17.5 Å². The molecule has 0 bridgehead atoms. The number of carbonyl (C=O) groups is 2. The molecule has 8 nitrogen and oxygen atoms in total. The number of hydrogen-bond donors (Lipinski definition) is 1. The van der Waals surface area contributed by atoms with E-state index in [2.05, 4.69) is 5.32 Å². The zero-order valence-electron chi connectivity index (χ0n) is 15.8. The monoisotopic (exact) mass is 374 g/mol. The van der Waals surface area contributed by atoms with Crippen LogP contribution in [0, 0.1) is 17.0 Å². The predicted octanol–water partition coefficient (Wildman–Crippen LogP) is 1.72. The molecule has 0 radical (unpaired) electrons. The number of nitrogens with one attached hydrogen (secondary N) is 1. The smallest absolute Gasteiger partial charge is 0.272 e. The third-order valence-corrected chi connectivity index (χ3v) is 5.65. The SMILES string of the molecule is CNC1CCN(C(=O)C2CCCN2C(=O)c2ccc([N+](=O)[O-])c(C)c2)CC1. The van der Waals surface area contributed by atoms with Gasteiger partial charge >= 0.3 is 0 Å². The fourth-order valence-corrected chi connectivity index (χ4v) is 4.02. The number of aryl methyl sites for hydroxylation is 1. The van der Waals surface area contributed by atoms with Gasteiger partial charge in [-0.1, -0.05) is 0 Å². The fourth-order valence-electron chi connectivity index (χ4n) is 4.02. The summed E-state index contributed by atoms with van der Waals surface area (Å²) in [7, 11) is 1.94. The maximum atomic E-state index is 13.0. The Hall–Kier alpha value is -2.48. The largest absolute Gasteiger partial charge is 0.341 e. The molecule has 2 aliphatic rings. The molecule has 8 heteroatoms. The molecule has 0 aromatic heterocycles. The molecule has 1 N–H and O–H groups in total. The molecule has 146 valence electrons. The Bertz CT molecular complexity index is 743. The highest BCUT2D eigenvalue weighted by atomic mass is 16.6. The first-order valence-corrected chi connectivity index (χ1v) is 9.44. The van der Waals surface area contributed by atoms with Crippen molar-refractivity contribution in [2.45, 2.75) is 44.7 Å². The molecule has 2 heterocycles. The van der Waals surface area contributed by atoms with Crippen molar-refractivity contribution in [2.75, 3.05) is 26.7 Å². The highest BCUT2D eigenvalue weighted by Crippen LogP contribution is 2.25. The first-order chi connectivity index (χ1) is 12.9. The first-order valence-electron chi connectivity index (χ1n) is 9.44. The summed E-state index contributed by atoms with van der Waals surface area (Å²) >= 11 is 0. The van der Waals surface area contributed by atoms with E-state index in [1.807, 2.05) is 11.9 Å². The second-order valence-electron chi connectivity index (χ2n) is 7.30. The van der Waals surface area contributed by atoms with Gasteiger partial charge in [-0.15, -0.1) is 0 Å². The molecule has 2 fully saturated rings. The zero-order chi connectivity index (χ0) is 19.6. The number of nitrogens with zero attached hydrogens (tertiary/aromatic N) is 3. The molecule has 27 heavy (non-hydrogen) atoms. The van der Waals surface area contributed by atoms with Crippen LogP contribution < -0.4 is 5.32 Å². The minimum atomic E-state index is -0.458. The highest BCUT2D eigenvalue weighted by Gasteiger charge is 2.38. The van der Waals surface area contributed by atoms with E-state index < -0.39 is 11.0 Å². The van der Waals surface area contributed by atoms with Crippen LogP contribution in [0.25, 0.3) is 0 Å². The summed E-state index contributed by atoms with van der Waals surface area (Å²) in [6.07, 6.45) is 3.30. The third-order valence-electron chi connectivity index (χ3n) is 5.65. The van der Waals surface area contributed by atoms with Crippen LogP contribution in [-0.4, -0.2) is 65.3 Å². The van der Waals surface area contributed by atoms with Crippen LogP contribution in [0.2, 0.25) is 0 Å². The van der Waals surface area contributed by atoms with Gasteiger partial charge in [0, 0.05) is 42.9 Å². The van der Waals surface area contributed by atoms with Gasteiger partial charge in [-0.25, -0.2) is 0 Å². The van der Waals surface area contributed by atoms with Crippen molar-refractivity contribution in [1.82, 2.24) is 15.1 Å². The van der Waals surface area contributed by atoms with Gasteiger partial charge in [0.05, 0.1) is 4.92 Å². The summed E-state index contributed by atoms with van der Waals surface area (Å²) in [5, 5.41) is 14.2. The van der Waals surface area contributed by atoms with Crippen molar-refractivity contribution in [3.63, 3.8) is 0 Å². The van der Waals surface area contributed by atoms with Crippen LogP contribution in [0.15, 0.2) is 18.2 Å². The lowest BCUT2D eigenvalue weighted by Crippen LogP contribution is -2.51. The number of benzene rings is 1. The molecule has 1 aromatic rings. The highest BCUT2D eigenvalue weighted by molar-refractivity contribution is 5.98. The van der Waals surface area contributed by atoms with Crippen molar-refractivity contribution in [2.24, 2.45) is 0 Å². The molecule has 2 aliphatic heterocycles. The predicted molar refractivity (Wildman–Crippen MR) is 101 cm³/mol. The van der Waals surface area contributed by atoms with Gasteiger partial charge in [0.25, 0.3) is 11.6 Å². The molecule has 1 aromatic carbocycles. The molecule has 1 unspecified atom stereocenters. The van der Waals surface area contributed by atoms with Gasteiger partial charge in [-0.05, 0) is 51.8 Å². The Balaban J connectivity index is 1.72. The van der Waals surface area contributed by atoms with Crippen molar-refractivity contribution < 1.29 is 14.5 Å². The van der Waals surface area contributed by atoms with Gasteiger partial charge < -0.3 is 15.1 Å². The van der Waals surface area contributed by atoms with E-state index in [1.54, 1.807) is 17.9 Å². The van der Waals surface area contributed by atoms with Crippen LogP contribution in [0.3, 0.4) is 0 Å². The van der Waals surface area contributed by atoms with E-state index in [9.17, 15) is 19.7 Å². The van der Waals surface area contributed by atoms with Gasteiger partial charge in [0.2, 0.25) is 5.91 Å². The Kier molecular flexibility index (Phi) is 5.74. The van der Waals surface area contributed by atoms with Crippen LogP contribution in [-0.2, 0) is 4.79 Å². The Morgan fingerprint density at radius 2 is 1.89 bits per heavy atom. The molecule has 2 saturated heterocycles. The molecule has 0 spiro atoms. The van der Waals surface area contributed by atoms with Crippen LogP contribution in [0.4, 0.5) is 5.69 Å². The summed E-state index contributed by atoms with van der Waals surface area (Å²) in [6, 6.07) is 4.39. The first kappa shape index (κ1) is 19.3. The maximum absolute atomic E-state index is 13.0. The van der Waals surface area contributed by atoms with Gasteiger partial charge in [-0.3, -0.25) is 19.7 Å². The Morgan fingerprint density at radius 1 is 1.19 bits per heavy atom.